The van der Waals surface area contributed by atoms with Gasteiger partial charge in [0.05, 0.1) is 5.52 Å². The maximum absolute atomic E-state index is 10.7. The van der Waals surface area contributed by atoms with Gasteiger partial charge >= 0.3 is 0 Å². The number of hydrogen-bond acceptors (Lipinski definition) is 6. The largest absolute Gasteiger partial charge is 0.490 e. The summed E-state index contributed by atoms with van der Waals surface area (Å²) in [7, 11) is 0. The van der Waals surface area contributed by atoms with Crippen LogP contribution in [0.3, 0.4) is 0 Å². The average molecular weight is 543 g/mol. The molecule has 0 saturated carbocycles. The third kappa shape index (κ3) is 6.41. The van der Waals surface area contributed by atoms with Gasteiger partial charge in [-0.25, -0.2) is 0 Å². The number of thiophene rings is 1. The van der Waals surface area contributed by atoms with E-state index < -0.39 is 12.4 Å². The Morgan fingerprint density at radius 3 is 2.51 bits per heavy atom. The maximum atomic E-state index is 10.7. The van der Waals surface area contributed by atoms with Gasteiger partial charge in [-0.15, -0.1) is 11.3 Å². The van der Waals surface area contributed by atoms with Gasteiger partial charge in [-0.1, -0.05) is 54.6 Å². The van der Waals surface area contributed by atoms with E-state index in [-0.39, 0.29) is 12.1 Å². The summed E-state index contributed by atoms with van der Waals surface area (Å²) in [6.07, 6.45) is 0.611. The molecule has 2 aromatic heterocycles. The van der Waals surface area contributed by atoms with E-state index in [0.29, 0.717) is 12.1 Å². The first-order chi connectivity index (χ1) is 18.8. The summed E-state index contributed by atoms with van der Waals surface area (Å²) in [6, 6.07) is 25.4. The van der Waals surface area contributed by atoms with Gasteiger partial charge in [-0.05, 0) is 61.0 Å². The second kappa shape index (κ2) is 11.7. The van der Waals surface area contributed by atoms with Crippen molar-refractivity contribution < 1.29 is 20.1 Å². The van der Waals surface area contributed by atoms with Crippen LogP contribution >= 0.6 is 11.3 Å². The predicted octanol–water partition coefficient (Wildman–Crippen LogP) is 5.90. The van der Waals surface area contributed by atoms with Gasteiger partial charge in [0, 0.05) is 45.2 Å². The number of β-amino-alcohol motifs (C(OH)–C–C–N with tert-alkyl or cyclic N) is 1. The van der Waals surface area contributed by atoms with Crippen molar-refractivity contribution in [3.8, 4) is 27.3 Å². The van der Waals surface area contributed by atoms with E-state index in [1.165, 1.54) is 5.56 Å². The highest BCUT2D eigenvalue weighted by molar-refractivity contribution is 7.13. The van der Waals surface area contributed by atoms with Crippen molar-refractivity contribution in [1.29, 1.82) is 0 Å². The average Bonchev–Trinajstić information content (AvgIpc) is 3.62. The van der Waals surface area contributed by atoms with Gasteiger partial charge in [0.1, 0.15) is 18.5 Å². The van der Waals surface area contributed by atoms with Crippen LogP contribution in [0.15, 0.2) is 90.4 Å². The normalized spacial score (nSPS) is 12.8. The lowest BCUT2D eigenvalue weighted by molar-refractivity contribution is -0.0424. The number of aliphatic hydroxyl groups is 3. The number of H-pyrrole nitrogens is 1. The molecule has 0 aliphatic rings. The van der Waals surface area contributed by atoms with Crippen LogP contribution in [0.4, 0.5) is 0 Å². The number of fused-ring (bicyclic) bond motifs is 1. The first kappa shape index (κ1) is 27.1. The van der Waals surface area contributed by atoms with E-state index in [0.717, 1.165) is 44.6 Å². The molecular weight excluding hydrogens is 508 g/mol. The Kier molecular flexibility index (Phi) is 8.16. The Morgan fingerprint density at radius 2 is 1.72 bits per heavy atom. The monoisotopic (exact) mass is 542 g/mol. The highest BCUT2D eigenvalue weighted by Gasteiger charge is 2.22. The third-order valence-electron chi connectivity index (χ3n) is 6.85. The number of benzene rings is 3. The maximum Gasteiger partial charge on any atom is 0.178 e. The molecule has 0 radical (unpaired) electrons. The fourth-order valence-corrected chi connectivity index (χ4v) is 5.63. The van der Waals surface area contributed by atoms with Crippen LogP contribution in [0.5, 0.6) is 5.75 Å². The molecule has 0 aliphatic heterocycles. The summed E-state index contributed by atoms with van der Waals surface area (Å²) in [4.78, 5) is 4.56. The number of ether oxygens (including phenoxy) is 1. The zero-order chi connectivity index (χ0) is 27.4. The van der Waals surface area contributed by atoms with E-state index >= 15 is 0 Å². The molecule has 7 heteroatoms. The lowest BCUT2D eigenvalue weighted by Crippen LogP contribution is -2.46. The van der Waals surface area contributed by atoms with Gasteiger partial charge in [-0.2, -0.15) is 0 Å². The summed E-state index contributed by atoms with van der Waals surface area (Å²) in [5, 5.41) is 36.5. The first-order valence-corrected chi connectivity index (χ1v) is 13.9. The van der Waals surface area contributed by atoms with Crippen LogP contribution in [-0.4, -0.2) is 45.1 Å². The van der Waals surface area contributed by atoms with Crippen molar-refractivity contribution in [3.63, 3.8) is 0 Å². The molecule has 2 heterocycles. The Bertz CT molecular complexity index is 1520. The second-order valence-corrected chi connectivity index (χ2v) is 11.4. The Hall–Kier alpha value is -3.46. The predicted molar refractivity (Wildman–Crippen MR) is 158 cm³/mol. The molecule has 1 atom stereocenters. The van der Waals surface area contributed by atoms with Crippen LogP contribution in [0.1, 0.15) is 31.3 Å². The second-order valence-electron chi connectivity index (χ2n) is 10.4. The number of para-hydroxylation sites is 2. The number of hydrogen-bond donors (Lipinski definition) is 5. The van der Waals surface area contributed by atoms with Gasteiger partial charge in [0.25, 0.3) is 0 Å². The van der Waals surface area contributed by atoms with E-state index in [4.69, 9.17) is 4.74 Å². The Balaban J connectivity index is 1.23. The number of aliphatic hydroxyl groups excluding tert-OH is 2. The fourth-order valence-electron chi connectivity index (χ4n) is 4.87. The molecule has 5 N–H and O–H groups in total. The molecule has 0 unspecified atom stereocenters. The van der Waals surface area contributed by atoms with Crippen molar-refractivity contribution in [3.05, 3.63) is 102 Å². The van der Waals surface area contributed by atoms with Crippen LogP contribution < -0.4 is 10.1 Å². The molecule has 5 rings (SSSR count). The SMILES string of the molecule is CC(C)(Cc1c[nH]c2c(-c3cccc(C(O)O)c3)cccc12)NC[C@H](O)COc1ccccc1-c1cccs1. The topological polar surface area (TPSA) is 97.7 Å². The van der Waals surface area contributed by atoms with Crippen molar-refractivity contribution in [2.24, 2.45) is 0 Å². The zero-order valence-electron chi connectivity index (χ0n) is 22.1. The summed E-state index contributed by atoms with van der Waals surface area (Å²) in [5.74, 6) is 0.770. The molecule has 39 heavy (non-hydrogen) atoms. The molecule has 0 spiro atoms. The minimum absolute atomic E-state index is 0.198. The molecule has 6 nitrogen and oxygen atoms in total. The molecule has 202 valence electrons. The van der Waals surface area contributed by atoms with Crippen LogP contribution in [0.25, 0.3) is 32.5 Å². The minimum Gasteiger partial charge on any atom is -0.490 e. The highest BCUT2D eigenvalue weighted by Crippen LogP contribution is 2.34. The number of nitrogens with one attached hydrogen (secondary N) is 2. The number of aromatic nitrogens is 1. The van der Waals surface area contributed by atoms with Crippen molar-refractivity contribution in [2.75, 3.05) is 13.2 Å². The van der Waals surface area contributed by atoms with Crippen molar-refractivity contribution in [1.82, 2.24) is 10.3 Å². The smallest absolute Gasteiger partial charge is 0.178 e. The fraction of sp³-hybridized carbons (Fsp3) is 0.250. The van der Waals surface area contributed by atoms with Gasteiger partial charge in [0.15, 0.2) is 6.29 Å². The van der Waals surface area contributed by atoms with E-state index in [1.54, 1.807) is 23.5 Å². The molecule has 0 amide bonds. The third-order valence-corrected chi connectivity index (χ3v) is 7.75. The highest BCUT2D eigenvalue weighted by atomic mass is 32.1. The molecular formula is C32H34N2O4S. The quantitative estimate of drug-likeness (QED) is 0.134. The Morgan fingerprint density at radius 1 is 0.923 bits per heavy atom. The lowest BCUT2D eigenvalue weighted by atomic mass is 9.93. The van der Waals surface area contributed by atoms with Gasteiger partial charge < -0.3 is 30.4 Å². The Labute approximate surface area is 232 Å². The van der Waals surface area contributed by atoms with Gasteiger partial charge in [0.2, 0.25) is 0 Å². The van der Waals surface area contributed by atoms with Crippen molar-refractivity contribution in [2.45, 2.75) is 38.2 Å². The standard InChI is InChI=1S/C32H34N2O4S/c1-32(2,34-19-24(35)20-38-28-13-4-3-10-27(28)29-14-7-15-39-29)17-23-18-33-30-25(11-6-12-26(23)30)21-8-5-9-22(16-21)31(36)37/h3-16,18,24,31,33-37H,17,19-20H2,1-2H3/t24-/m0/s1. The molecule has 0 bridgehead atoms. The summed E-state index contributed by atoms with van der Waals surface area (Å²) < 4.78 is 6.01. The van der Waals surface area contributed by atoms with Crippen LogP contribution in [0.2, 0.25) is 0 Å². The molecule has 0 saturated heterocycles. The molecule has 0 fully saturated rings. The first-order valence-electron chi connectivity index (χ1n) is 13.0. The van der Waals surface area contributed by atoms with E-state index in [9.17, 15) is 15.3 Å². The molecule has 0 aliphatic carbocycles. The van der Waals surface area contributed by atoms with E-state index in [2.05, 4.69) is 36.3 Å². The molecule has 5 aromatic rings. The number of aromatic amines is 1. The van der Waals surface area contributed by atoms with Crippen LogP contribution in [-0.2, 0) is 6.42 Å². The minimum atomic E-state index is -1.51. The number of rotatable bonds is 11. The summed E-state index contributed by atoms with van der Waals surface area (Å²) in [5.41, 5.74) is 5.30. The van der Waals surface area contributed by atoms with Gasteiger partial charge in [-0.3, -0.25) is 0 Å². The summed E-state index contributed by atoms with van der Waals surface area (Å²) in [6.45, 7) is 4.85. The van der Waals surface area contributed by atoms with Crippen molar-refractivity contribution >= 4 is 22.2 Å². The zero-order valence-corrected chi connectivity index (χ0v) is 22.9. The molecule has 3 aromatic carbocycles. The lowest BCUT2D eigenvalue weighted by Gasteiger charge is -2.28. The van der Waals surface area contributed by atoms with Crippen LogP contribution in [0, 0.1) is 0 Å². The van der Waals surface area contributed by atoms with E-state index in [1.807, 2.05) is 66.2 Å². The summed E-state index contributed by atoms with van der Waals surface area (Å²) >= 11 is 1.66.